The highest BCUT2D eigenvalue weighted by Gasteiger charge is 2.12. The van der Waals surface area contributed by atoms with Crippen molar-refractivity contribution in [2.45, 2.75) is 6.54 Å². The predicted octanol–water partition coefficient (Wildman–Crippen LogP) is 5.61. The summed E-state index contributed by atoms with van der Waals surface area (Å²) in [6, 6.07) is 10.7. The van der Waals surface area contributed by atoms with Crippen molar-refractivity contribution in [3.63, 3.8) is 0 Å². The van der Waals surface area contributed by atoms with Crippen LogP contribution in [0.4, 0.5) is 0 Å². The molecule has 0 saturated heterocycles. The summed E-state index contributed by atoms with van der Waals surface area (Å²) in [5.41, 5.74) is 1.66. The molecule has 0 fully saturated rings. The molecule has 0 bridgehead atoms. The zero-order chi connectivity index (χ0) is 15.7. The molecule has 0 N–H and O–H groups in total. The maximum atomic E-state index is 6.23. The summed E-state index contributed by atoms with van der Waals surface area (Å²) in [4.78, 5) is 0. The molecular formula is C15H9Cl4N3. The standard InChI is InChI=1S/C15H9Cl4N3/c16-11-4-10(5-12(17)6-11)15-21-20-8-22(15)7-9-2-1-3-13(18)14(9)19/h1-6,8H,7H2. The minimum absolute atomic E-state index is 0.492. The molecule has 0 aliphatic heterocycles. The van der Waals surface area contributed by atoms with E-state index in [0.717, 1.165) is 11.1 Å². The van der Waals surface area contributed by atoms with E-state index >= 15 is 0 Å². The van der Waals surface area contributed by atoms with Gasteiger partial charge in [0.25, 0.3) is 0 Å². The molecule has 2 aromatic carbocycles. The lowest BCUT2D eigenvalue weighted by Crippen LogP contribution is -2.02. The molecule has 0 spiro atoms. The second-order valence-corrected chi connectivity index (χ2v) is 6.31. The maximum Gasteiger partial charge on any atom is 0.164 e. The van der Waals surface area contributed by atoms with E-state index in [1.54, 1.807) is 30.6 Å². The van der Waals surface area contributed by atoms with E-state index in [1.807, 2.05) is 16.7 Å². The molecule has 0 atom stereocenters. The molecular weight excluding hydrogens is 364 g/mol. The monoisotopic (exact) mass is 371 g/mol. The molecule has 3 nitrogen and oxygen atoms in total. The highest BCUT2D eigenvalue weighted by Crippen LogP contribution is 2.29. The highest BCUT2D eigenvalue weighted by molar-refractivity contribution is 6.42. The van der Waals surface area contributed by atoms with E-state index in [9.17, 15) is 0 Å². The topological polar surface area (TPSA) is 30.7 Å². The van der Waals surface area contributed by atoms with Crippen LogP contribution in [0.3, 0.4) is 0 Å². The van der Waals surface area contributed by atoms with Crippen LogP contribution in [-0.4, -0.2) is 14.8 Å². The Labute approximate surface area is 147 Å². The van der Waals surface area contributed by atoms with Gasteiger partial charge in [-0.2, -0.15) is 0 Å². The van der Waals surface area contributed by atoms with Crippen molar-refractivity contribution in [2.24, 2.45) is 0 Å². The number of hydrogen-bond acceptors (Lipinski definition) is 2. The molecule has 0 aliphatic rings. The lowest BCUT2D eigenvalue weighted by molar-refractivity contribution is 0.803. The highest BCUT2D eigenvalue weighted by atomic mass is 35.5. The van der Waals surface area contributed by atoms with Crippen molar-refractivity contribution in [3.8, 4) is 11.4 Å². The Morgan fingerprint density at radius 3 is 2.41 bits per heavy atom. The second kappa shape index (κ2) is 6.47. The third-order valence-corrected chi connectivity index (χ3v) is 4.40. The van der Waals surface area contributed by atoms with Gasteiger partial charge in [-0.3, -0.25) is 0 Å². The first-order valence-electron chi connectivity index (χ1n) is 6.32. The van der Waals surface area contributed by atoms with E-state index in [1.165, 1.54) is 0 Å². The molecule has 1 aromatic heterocycles. The summed E-state index contributed by atoms with van der Waals surface area (Å²) in [5.74, 6) is 0.653. The average Bonchev–Trinajstić information content (AvgIpc) is 2.91. The Kier molecular flexibility index (Phi) is 4.59. The van der Waals surface area contributed by atoms with Crippen molar-refractivity contribution in [2.75, 3.05) is 0 Å². The number of benzene rings is 2. The Bertz CT molecular complexity index is 809. The second-order valence-electron chi connectivity index (χ2n) is 4.65. The summed E-state index contributed by atoms with van der Waals surface area (Å²) in [6.07, 6.45) is 1.63. The molecule has 0 saturated carbocycles. The molecule has 112 valence electrons. The Morgan fingerprint density at radius 2 is 1.68 bits per heavy atom. The predicted molar refractivity (Wildman–Crippen MR) is 91.0 cm³/mol. The fraction of sp³-hybridized carbons (Fsp3) is 0.0667. The number of nitrogens with zero attached hydrogens (tertiary/aromatic N) is 3. The van der Waals surface area contributed by atoms with Crippen molar-refractivity contribution >= 4 is 46.4 Å². The molecule has 3 rings (SSSR count). The Hall–Kier alpha value is -1.26. The number of halogens is 4. The van der Waals surface area contributed by atoms with Crippen molar-refractivity contribution in [3.05, 3.63) is 68.4 Å². The quantitative estimate of drug-likeness (QED) is 0.598. The van der Waals surface area contributed by atoms with Crippen LogP contribution in [0.25, 0.3) is 11.4 Å². The minimum Gasteiger partial charge on any atom is -0.309 e. The van der Waals surface area contributed by atoms with Crippen LogP contribution in [0.5, 0.6) is 0 Å². The third kappa shape index (κ3) is 3.23. The normalized spacial score (nSPS) is 10.9. The molecule has 3 aromatic rings. The van der Waals surface area contributed by atoms with Gasteiger partial charge in [-0.1, -0.05) is 58.5 Å². The number of rotatable bonds is 3. The summed E-state index contributed by atoms with van der Waals surface area (Å²) < 4.78 is 1.86. The molecule has 1 heterocycles. The van der Waals surface area contributed by atoms with Gasteiger partial charge in [-0.05, 0) is 29.8 Å². The van der Waals surface area contributed by atoms with Gasteiger partial charge in [-0.15, -0.1) is 10.2 Å². The molecule has 7 heteroatoms. The summed E-state index contributed by atoms with van der Waals surface area (Å²) in [5, 5.41) is 10.2. The van der Waals surface area contributed by atoms with Gasteiger partial charge in [0.1, 0.15) is 6.33 Å². The van der Waals surface area contributed by atoms with Crippen LogP contribution < -0.4 is 0 Å². The van der Waals surface area contributed by atoms with Crippen LogP contribution in [0.2, 0.25) is 20.1 Å². The molecule has 0 amide bonds. The minimum atomic E-state index is 0.492. The van der Waals surface area contributed by atoms with E-state index in [0.29, 0.717) is 32.5 Å². The van der Waals surface area contributed by atoms with E-state index in [-0.39, 0.29) is 0 Å². The maximum absolute atomic E-state index is 6.23. The molecule has 0 radical (unpaired) electrons. The fourth-order valence-corrected chi connectivity index (χ4v) is 3.04. The van der Waals surface area contributed by atoms with E-state index < -0.39 is 0 Å². The lowest BCUT2D eigenvalue weighted by atomic mass is 10.2. The van der Waals surface area contributed by atoms with Crippen LogP contribution in [0.1, 0.15) is 5.56 Å². The first-order valence-corrected chi connectivity index (χ1v) is 7.83. The SMILES string of the molecule is Clc1cc(Cl)cc(-c2nncn2Cc2cccc(Cl)c2Cl)c1. The number of aromatic nitrogens is 3. The summed E-state index contributed by atoms with van der Waals surface area (Å²) >= 11 is 24.4. The van der Waals surface area contributed by atoms with Crippen LogP contribution in [0.15, 0.2) is 42.7 Å². The number of hydrogen-bond donors (Lipinski definition) is 0. The van der Waals surface area contributed by atoms with Gasteiger partial charge in [0.05, 0.1) is 16.6 Å². The van der Waals surface area contributed by atoms with Crippen molar-refractivity contribution in [1.29, 1.82) is 0 Å². The van der Waals surface area contributed by atoms with Gasteiger partial charge in [0.2, 0.25) is 0 Å². The summed E-state index contributed by atoms with van der Waals surface area (Å²) in [6.45, 7) is 0.492. The van der Waals surface area contributed by atoms with Crippen LogP contribution in [0, 0.1) is 0 Å². The Balaban J connectivity index is 2.00. The third-order valence-electron chi connectivity index (χ3n) is 3.11. The largest absolute Gasteiger partial charge is 0.309 e. The lowest BCUT2D eigenvalue weighted by Gasteiger charge is -2.09. The van der Waals surface area contributed by atoms with E-state index in [2.05, 4.69) is 10.2 Å². The smallest absolute Gasteiger partial charge is 0.164 e. The van der Waals surface area contributed by atoms with Crippen LogP contribution >= 0.6 is 46.4 Å². The van der Waals surface area contributed by atoms with Gasteiger partial charge in [0, 0.05) is 15.6 Å². The molecule has 22 heavy (non-hydrogen) atoms. The van der Waals surface area contributed by atoms with E-state index in [4.69, 9.17) is 46.4 Å². The first kappa shape index (κ1) is 15.6. The van der Waals surface area contributed by atoms with Gasteiger partial charge >= 0.3 is 0 Å². The molecule has 0 aliphatic carbocycles. The van der Waals surface area contributed by atoms with Gasteiger partial charge in [-0.25, -0.2) is 0 Å². The average molecular weight is 373 g/mol. The first-order chi connectivity index (χ1) is 10.5. The van der Waals surface area contributed by atoms with Crippen molar-refractivity contribution < 1.29 is 0 Å². The van der Waals surface area contributed by atoms with Crippen molar-refractivity contribution in [1.82, 2.24) is 14.8 Å². The van der Waals surface area contributed by atoms with Crippen LogP contribution in [-0.2, 0) is 6.54 Å². The van der Waals surface area contributed by atoms with Gasteiger partial charge < -0.3 is 4.57 Å². The fourth-order valence-electron chi connectivity index (χ4n) is 2.13. The zero-order valence-corrected chi connectivity index (χ0v) is 14.1. The zero-order valence-electron chi connectivity index (χ0n) is 11.1. The van der Waals surface area contributed by atoms with Gasteiger partial charge in [0.15, 0.2) is 5.82 Å². The molecule has 0 unspecified atom stereocenters. The summed E-state index contributed by atoms with van der Waals surface area (Å²) in [7, 11) is 0. The Morgan fingerprint density at radius 1 is 0.955 bits per heavy atom.